The second kappa shape index (κ2) is 5.38. The predicted molar refractivity (Wildman–Crippen MR) is 65.7 cm³/mol. The zero-order chi connectivity index (χ0) is 11.4. The van der Waals surface area contributed by atoms with E-state index in [1.807, 2.05) is 6.92 Å². The highest BCUT2D eigenvalue weighted by atomic mass is 32.2. The molecule has 0 saturated carbocycles. The van der Waals surface area contributed by atoms with Gasteiger partial charge in [0.25, 0.3) is 0 Å². The van der Waals surface area contributed by atoms with Gasteiger partial charge in [0.1, 0.15) is 0 Å². The summed E-state index contributed by atoms with van der Waals surface area (Å²) in [5.41, 5.74) is 0. The molecule has 2 aliphatic heterocycles. The third kappa shape index (κ3) is 2.90. The number of carbonyl (C=O) groups excluding carboxylic acids is 1. The number of thioether (sulfide) groups is 1. The predicted octanol–water partition coefficient (Wildman–Crippen LogP) is 0.377. The van der Waals surface area contributed by atoms with Crippen molar-refractivity contribution in [1.29, 1.82) is 0 Å². The normalized spacial score (nSPS) is 34.9. The molecule has 2 atom stereocenters. The van der Waals surface area contributed by atoms with Crippen LogP contribution in [0.15, 0.2) is 0 Å². The number of hydrogen-bond donors (Lipinski definition) is 2. The second-order valence-corrected chi connectivity index (χ2v) is 6.22. The lowest BCUT2D eigenvalue weighted by atomic mass is 10.0. The van der Waals surface area contributed by atoms with Crippen LogP contribution in [0.3, 0.4) is 0 Å². The lowest BCUT2D eigenvalue weighted by molar-refractivity contribution is -0.123. The molecule has 1 amide bonds. The molecule has 2 heterocycles. The van der Waals surface area contributed by atoms with Crippen molar-refractivity contribution < 1.29 is 9.53 Å². The summed E-state index contributed by atoms with van der Waals surface area (Å²) in [7, 11) is 0. The van der Waals surface area contributed by atoms with Crippen LogP contribution in [0.2, 0.25) is 0 Å². The molecule has 2 N–H and O–H groups in total. The van der Waals surface area contributed by atoms with Crippen molar-refractivity contribution in [2.45, 2.75) is 30.6 Å². The molecule has 0 radical (unpaired) electrons. The van der Waals surface area contributed by atoms with E-state index in [2.05, 4.69) is 10.6 Å². The van der Waals surface area contributed by atoms with Gasteiger partial charge < -0.3 is 15.4 Å². The number of morpholine rings is 1. The number of rotatable bonds is 3. The van der Waals surface area contributed by atoms with Gasteiger partial charge in [-0.2, -0.15) is 0 Å². The molecule has 0 aliphatic carbocycles. The first-order valence-electron chi connectivity index (χ1n) is 5.94. The van der Waals surface area contributed by atoms with Crippen LogP contribution >= 0.6 is 11.8 Å². The highest BCUT2D eigenvalue weighted by molar-refractivity contribution is 8.01. The molecule has 2 fully saturated rings. The first-order valence-corrected chi connectivity index (χ1v) is 6.93. The van der Waals surface area contributed by atoms with Crippen molar-refractivity contribution in [3.63, 3.8) is 0 Å². The van der Waals surface area contributed by atoms with E-state index < -0.39 is 0 Å². The molecule has 92 valence electrons. The molecule has 4 nitrogen and oxygen atoms in total. The van der Waals surface area contributed by atoms with E-state index in [1.54, 1.807) is 11.8 Å². The van der Waals surface area contributed by atoms with Gasteiger partial charge in [-0.25, -0.2) is 0 Å². The van der Waals surface area contributed by atoms with Gasteiger partial charge in [0.2, 0.25) is 5.91 Å². The van der Waals surface area contributed by atoms with Gasteiger partial charge in [-0.05, 0) is 25.5 Å². The number of amides is 1. The van der Waals surface area contributed by atoms with Crippen LogP contribution in [0.5, 0.6) is 0 Å². The van der Waals surface area contributed by atoms with E-state index in [0.717, 1.165) is 31.7 Å². The quantitative estimate of drug-likeness (QED) is 0.753. The molecule has 0 aromatic heterocycles. The van der Waals surface area contributed by atoms with Crippen LogP contribution in [-0.2, 0) is 9.53 Å². The lowest BCUT2D eigenvalue weighted by Gasteiger charge is -2.27. The number of hydrogen-bond acceptors (Lipinski definition) is 4. The Bertz CT molecular complexity index is 248. The van der Waals surface area contributed by atoms with Gasteiger partial charge in [0, 0.05) is 19.1 Å². The van der Waals surface area contributed by atoms with E-state index in [4.69, 9.17) is 4.74 Å². The fourth-order valence-corrected chi connectivity index (χ4v) is 3.34. The fourth-order valence-electron chi connectivity index (χ4n) is 2.11. The standard InChI is InChI=1S/C11H20N2O2S/c1-11(3-2-6-16-11)10(14)13-7-9-8-15-5-4-12-9/h9,12H,2-8H2,1H3,(H,13,14). The summed E-state index contributed by atoms with van der Waals surface area (Å²) < 4.78 is 5.15. The molecule has 2 aliphatic rings. The van der Waals surface area contributed by atoms with Crippen molar-refractivity contribution in [3.8, 4) is 0 Å². The Kier molecular flexibility index (Phi) is 4.10. The van der Waals surface area contributed by atoms with Gasteiger partial charge >= 0.3 is 0 Å². The Morgan fingerprint density at radius 1 is 1.69 bits per heavy atom. The van der Waals surface area contributed by atoms with Gasteiger partial charge in [-0.3, -0.25) is 4.79 Å². The molecular formula is C11H20N2O2S. The van der Waals surface area contributed by atoms with Crippen molar-refractivity contribution in [2.24, 2.45) is 0 Å². The molecule has 16 heavy (non-hydrogen) atoms. The molecule has 5 heteroatoms. The third-order valence-corrected chi connectivity index (χ3v) is 4.73. The summed E-state index contributed by atoms with van der Waals surface area (Å²) in [4.78, 5) is 12.0. The maximum absolute atomic E-state index is 12.0. The zero-order valence-electron chi connectivity index (χ0n) is 9.75. The average Bonchev–Trinajstić information content (AvgIpc) is 2.76. The minimum atomic E-state index is -0.199. The molecule has 0 aromatic rings. The molecule has 0 spiro atoms. The molecule has 0 aromatic carbocycles. The minimum absolute atomic E-state index is 0.183. The van der Waals surface area contributed by atoms with E-state index in [-0.39, 0.29) is 16.7 Å². The zero-order valence-corrected chi connectivity index (χ0v) is 10.6. The van der Waals surface area contributed by atoms with E-state index in [1.165, 1.54) is 0 Å². The second-order valence-electron chi connectivity index (χ2n) is 4.62. The van der Waals surface area contributed by atoms with E-state index in [9.17, 15) is 4.79 Å². The largest absolute Gasteiger partial charge is 0.378 e. The van der Waals surface area contributed by atoms with Crippen LogP contribution in [0.1, 0.15) is 19.8 Å². The Morgan fingerprint density at radius 2 is 2.56 bits per heavy atom. The number of carbonyl (C=O) groups is 1. The van der Waals surface area contributed by atoms with Crippen molar-refractivity contribution >= 4 is 17.7 Å². The van der Waals surface area contributed by atoms with Crippen LogP contribution in [0.4, 0.5) is 0 Å². The Balaban J connectivity index is 1.74. The topological polar surface area (TPSA) is 50.4 Å². The summed E-state index contributed by atoms with van der Waals surface area (Å²) in [6.07, 6.45) is 2.15. The molecule has 2 saturated heterocycles. The number of nitrogens with one attached hydrogen (secondary N) is 2. The first-order chi connectivity index (χ1) is 7.71. The molecule has 2 unspecified atom stereocenters. The third-order valence-electron chi connectivity index (χ3n) is 3.21. The Labute approximate surface area is 101 Å². The first kappa shape index (κ1) is 12.2. The molecule has 2 rings (SSSR count). The van der Waals surface area contributed by atoms with E-state index in [0.29, 0.717) is 13.2 Å². The van der Waals surface area contributed by atoms with Gasteiger partial charge in [-0.15, -0.1) is 11.8 Å². The fraction of sp³-hybridized carbons (Fsp3) is 0.909. The van der Waals surface area contributed by atoms with Crippen molar-refractivity contribution in [2.75, 3.05) is 32.1 Å². The summed E-state index contributed by atoms with van der Waals surface area (Å²) in [6, 6.07) is 0.271. The van der Waals surface area contributed by atoms with Crippen LogP contribution < -0.4 is 10.6 Å². The number of ether oxygens (including phenoxy) is 1. The highest BCUT2D eigenvalue weighted by Gasteiger charge is 2.37. The summed E-state index contributed by atoms with van der Waals surface area (Å²) in [5.74, 6) is 1.29. The molecular weight excluding hydrogens is 224 g/mol. The maximum Gasteiger partial charge on any atom is 0.236 e. The van der Waals surface area contributed by atoms with Gasteiger partial charge in [0.15, 0.2) is 0 Å². The van der Waals surface area contributed by atoms with E-state index >= 15 is 0 Å². The van der Waals surface area contributed by atoms with Crippen LogP contribution in [0, 0.1) is 0 Å². The summed E-state index contributed by atoms with van der Waals surface area (Å²) in [5, 5.41) is 6.36. The molecule has 0 bridgehead atoms. The highest BCUT2D eigenvalue weighted by Crippen LogP contribution is 2.37. The van der Waals surface area contributed by atoms with Gasteiger partial charge in [0.05, 0.1) is 18.0 Å². The van der Waals surface area contributed by atoms with Crippen LogP contribution in [-0.4, -0.2) is 48.8 Å². The Morgan fingerprint density at radius 3 is 3.19 bits per heavy atom. The minimum Gasteiger partial charge on any atom is -0.378 e. The monoisotopic (exact) mass is 244 g/mol. The smallest absolute Gasteiger partial charge is 0.236 e. The maximum atomic E-state index is 12.0. The van der Waals surface area contributed by atoms with Gasteiger partial charge in [-0.1, -0.05) is 0 Å². The Hall–Kier alpha value is -0.260. The lowest BCUT2D eigenvalue weighted by Crippen LogP contribution is -2.51. The van der Waals surface area contributed by atoms with Crippen molar-refractivity contribution in [3.05, 3.63) is 0 Å². The van der Waals surface area contributed by atoms with Crippen LogP contribution in [0.25, 0.3) is 0 Å². The summed E-state index contributed by atoms with van der Waals surface area (Å²) >= 11 is 1.78. The van der Waals surface area contributed by atoms with Crippen molar-refractivity contribution in [1.82, 2.24) is 10.6 Å². The summed E-state index contributed by atoms with van der Waals surface area (Å²) in [6.45, 7) is 5.08. The average molecular weight is 244 g/mol. The SMILES string of the molecule is CC1(C(=O)NCC2COCCN2)CCCS1.